The topological polar surface area (TPSA) is 75.8 Å². The van der Waals surface area contributed by atoms with Crippen LogP contribution in [-0.4, -0.2) is 10.5 Å². The Kier molecular flexibility index (Phi) is 5.87. The fraction of sp³-hybridized carbons (Fsp3) is 0.100. The van der Waals surface area contributed by atoms with Crippen molar-refractivity contribution in [1.82, 2.24) is 4.57 Å². The van der Waals surface area contributed by atoms with E-state index in [0.717, 1.165) is 6.07 Å². The smallest absolute Gasteiger partial charge is 0.325 e. The monoisotopic (exact) mass is 400 g/mol. The minimum absolute atomic E-state index is 0.411. The van der Waals surface area contributed by atoms with Gasteiger partial charge in [0.2, 0.25) is 5.91 Å². The van der Waals surface area contributed by atoms with Crippen molar-refractivity contribution in [2.45, 2.75) is 12.7 Å². The fourth-order valence-corrected chi connectivity index (χ4v) is 2.40. The van der Waals surface area contributed by atoms with Crippen molar-refractivity contribution in [3.05, 3.63) is 88.8 Å². The van der Waals surface area contributed by atoms with Crippen molar-refractivity contribution in [1.29, 1.82) is 0 Å². The molecule has 148 valence electrons. The van der Waals surface area contributed by atoms with E-state index >= 15 is 0 Å². The third-order valence-electron chi connectivity index (χ3n) is 3.81. The van der Waals surface area contributed by atoms with Crippen LogP contribution in [0.25, 0.3) is 0 Å². The van der Waals surface area contributed by atoms with Gasteiger partial charge in [0.1, 0.15) is 6.54 Å². The van der Waals surface area contributed by atoms with Crippen molar-refractivity contribution in [2.24, 2.45) is 10.2 Å². The van der Waals surface area contributed by atoms with E-state index in [-0.39, 0.29) is 0 Å². The van der Waals surface area contributed by atoms with Gasteiger partial charge >= 0.3 is 6.18 Å². The van der Waals surface area contributed by atoms with Crippen molar-refractivity contribution in [2.75, 3.05) is 5.32 Å². The Morgan fingerprint density at radius 1 is 0.897 bits per heavy atom. The largest absolute Gasteiger partial charge is 0.417 e. The first-order valence-electron chi connectivity index (χ1n) is 8.46. The first kappa shape index (κ1) is 20.0. The van der Waals surface area contributed by atoms with Gasteiger partial charge in [-0.15, -0.1) is 0 Å². The number of hydrogen-bond acceptors (Lipinski definition) is 4. The molecule has 29 heavy (non-hydrogen) atoms. The number of aromatic nitrogens is 1. The summed E-state index contributed by atoms with van der Waals surface area (Å²) in [5.41, 5.74) is -0.0473. The third kappa shape index (κ3) is 5.61. The van der Waals surface area contributed by atoms with E-state index in [2.05, 4.69) is 15.5 Å². The Labute approximate surface area is 163 Å². The van der Waals surface area contributed by atoms with Crippen LogP contribution in [0.4, 0.5) is 30.2 Å². The van der Waals surface area contributed by atoms with Crippen molar-refractivity contribution >= 4 is 23.0 Å². The number of carbonyl (C=O) groups excluding carboxylic acids is 1. The number of halogens is 3. The van der Waals surface area contributed by atoms with Crippen molar-refractivity contribution < 1.29 is 18.0 Å². The maximum absolute atomic E-state index is 12.8. The second-order valence-corrected chi connectivity index (χ2v) is 6.01. The SMILES string of the molecule is O=C(Cn1cc(C(F)(F)F)ccc1=O)Nc1ccc(N=Nc2ccccc2)cc1. The number of rotatable bonds is 5. The van der Waals surface area contributed by atoms with Crippen LogP contribution in [0.1, 0.15) is 5.56 Å². The van der Waals surface area contributed by atoms with Crippen LogP contribution in [0.2, 0.25) is 0 Å². The highest BCUT2D eigenvalue weighted by Gasteiger charge is 2.31. The van der Waals surface area contributed by atoms with Gasteiger partial charge in [0.15, 0.2) is 0 Å². The summed E-state index contributed by atoms with van der Waals surface area (Å²) in [6.45, 7) is -0.543. The van der Waals surface area contributed by atoms with Gasteiger partial charge in [0, 0.05) is 18.0 Å². The maximum atomic E-state index is 12.8. The van der Waals surface area contributed by atoms with Gasteiger partial charge in [-0.1, -0.05) is 18.2 Å². The third-order valence-corrected chi connectivity index (χ3v) is 3.81. The highest BCUT2D eigenvalue weighted by molar-refractivity contribution is 5.90. The highest BCUT2D eigenvalue weighted by atomic mass is 19.4. The predicted molar refractivity (Wildman–Crippen MR) is 101 cm³/mol. The van der Waals surface area contributed by atoms with Gasteiger partial charge in [0.25, 0.3) is 5.56 Å². The molecular weight excluding hydrogens is 385 g/mol. The lowest BCUT2D eigenvalue weighted by Crippen LogP contribution is -2.28. The van der Waals surface area contributed by atoms with Gasteiger partial charge in [0.05, 0.1) is 16.9 Å². The molecule has 0 aliphatic heterocycles. The standard InChI is InChI=1S/C20H15F3N4O2/c21-20(22,23)14-6-11-19(29)27(12-14)13-18(28)24-15-7-9-17(10-8-15)26-25-16-4-2-1-3-5-16/h1-12H,13H2,(H,24,28). The molecule has 0 bridgehead atoms. The predicted octanol–water partition coefficient (Wildman–Crippen LogP) is 4.92. The zero-order chi connectivity index (χ0) is 20.9. The van der Waals surface area contributed by atoms with E-state index < -0.39 is 29.8 Å². The van der Waals surface area contributed by atoms with E-state index in [0.29, 0.717) is 33.9 Å². The van der Waals surface area contributed by atoms with Crippen LogP contribution in [-0.2, 0) is 17.5 Å². The zero-order valence-electron chi connectivity index (χ0n) is 14.9. The van der Waals surface area contributed by atoms with Crippen molar-refractivity contribution in [3.8, 4) is 0 Å². The van der Waals surface area contributed by atoms with Crippen LogP contribution in [0, 0.1) is 0 Å². The average Bonchev–Trinajstić information content (AvgIpc) is 2.69. The summed E-state index contributed by atoms with van der Waals surface area (Å²) >= 11 is 0. The normalized spacial score (nSPS) is 11.6. The molecular formula is C20H15F3N4O2. The highest BCUT2D eigenvalue weighted by Crippen LogP contribution is 2.28. The molecule has 0 spiro atoms. The summed E-state index contributed by atoms with van der Waals surface area (Å²) in [5.74, 6) is -0.634. The van der Waals surface area contributed by atoms with E-state index in [1.807, 2.05) is 18.2 Å². The molecule has 0 aliphatic carbocycles. The number of alkyl halides is 3. The lowest BCUT2D eigenvalue weighted by molar-refractivity contribution is -0.138. The van der Waals surface area contributed by atoms with E-state index in [1.165, 1.54) is 0 Å². The minimum Gasteiger partial charge on any atom is -0.325 e. The molecule has 1 N–H and O–H groups in total. The Morgan fingerprint density at radius 2 is 1.52 bits per heavy atom. The molecule has 1 heterocycles. The first-order valence-corrected chi connectivity index (χ1v) is 8.46. The zero-order valence-corrected chi connectivity index (χ0v) is 14.9. The Hall–Kier alpha value is -3.75. The second-order valence-electron chi connectivity index (χ2n) is 6.01. The molecule has 2 aromatic carbocycles. The summed E-state index contributed by atoms with van der Waals surface area (Å²) in [4.78, 5) is 23.8. The molecule has 9 heteroatoms. The molecule has 1 aromatic heterocycles. The van der Waals surface area contributed by atoms with Gasteiger partial charge in [-0.25, -0.2) is 0 Å². The Balaban J connectivity index is 1.64. The van der Waals surface area contributed by atoms with Crippen LogP contribution in [0.15, 0.2) is 87.9 Å². The summed E-state index contributed by atoms with van der Waals surface area (Å²) in [5, 5.41) is 10.7. The number of nitrogens with zero attached hydrogens (tertiary/aromatic N) is 3. The van der Waals surface area contributed by atoms with Crippen LogP contribution < -0.4 is 10.9 Å². The van der Waals surface area contributed by atoms with Crippen LogP contribution >= 0.6 is 0 Å². The number of benzene rings is 2. The van der Waals surface area contributed by atoms with Gasteiger partial charge in [-0.3, -0.25) is 9.59 Å². The van der Waals surface area contributed by atoms with Crippen LogP contribution in [0.5, 0.6) is 0 Å². The van der Waals surface area contributed by atoms with Gasteiger partial charge < -0.3 is 9.88 Å². The molecule has 0 atom stereocenters. The molecule has 0 fully saturated rings. The number of amides is 1. The number of carbonyl (C=O) groups is 1. The molecule has 3 aromatic rings. The summed E-state index contributed by atoms with van der Waals surface area (Å²) < 4.78 is 39.0. The quantitative estimate of drug-likeness (QED) is 0.617. The summed E-state index contributed by atoms with van der Waals surface area (Å²) in [7, 11) is 0. The fourth-order valence-electron chi connectivity index (χ4n) is 2.40. The van der Waals surface area contributed by atoms with Crippen molar-refractivity contribution in [3.63, 3.8) is 0 Å². The molecule has 3 rings (SSSR count). The molecule has 0 saturated carbocycles. The average molecular weight is 400 g/mol. The molecule has 1 amide bonds. The molecule has 0 radical (unpaired) electrons. The Bertz CT molecular complexity index is 1080. The summed E-state index contributed by atoms with van der Waals surface area (Å²) in [6.07, 6.45) is -3.98. The first-order chi connectivity index (χ1) is 13.8. The number of hydrogen-bond donors (Lipinski definition) is 1. The minimum atomic E-state index is -4.60. The second kappa shape index (κ2) is 8.51. The van der Waals surface area contributed by atoms with Gasteiger partial charge in [-0.05, 0) is 42.5 Å². The number of anilines is 1. The number of pyridine rings is 1. The van der Waals surface area contributed by atoms with Crippen LogP contribution in [0.3, 0.4) is 0 Å². The summed E-state index contributed by atoms with van der Waals surface area (Å²) in [6, 6.07) is 17.0. The lowest BCUT2D eigenvalue weighted by Gasteiger charge is -2.11. The number of azo groups is 1. The van der Waals surface area contributed by atoms with E-state index in [9.17, 15) is 22.8 Å². The molecule has 0 aliphatic rings. The maximum Gasteiger partial charge on any atom is 0.417 e. The Morgan fingerprint density at radius 3 is 2.14 bits per heavy atom. The van der Waals surface area contributed by atoms with E-state index in [1.54, 1.807) is 36.4 Å². The van der Waals surface area contributed by atoms with Gasteiger partial charge in [-0.2, -0.15) is 23.4 Å². The van der Waals surface area contributed by atoms with E-state index in [4.69, 9.17) is 0 Å². The molecule has 0 saturated heterocycles. The molecule has 0 unspecified atom stereocenters. The number of nitrogens with one attached hydrogen (secondary N) is 1. The molecule has 6 nitrogen and oxygen atoms in total. The lowest BCUT2D eigenvalue weighted by atomic mass is 10.2.